The highest BCUT2D eigenvalue weighted by molar-refractivity contribution is 7.85. The van der Waals surface area contributed by atoms with E-state index in [0.29, 0.717) is 16.5 Å². The number of nitrogens with one attached hydrogen (secondary N) is 2. The standard InChI is InChI=1S/C27H26Cl2N6O5S/c1-14-11-17(28)12-19(25(36)32-15(2)16-7-8-16)23(14)33-26(37)22-13-21(18-5-3-10-31-27(18)41(38,39)40)34-35(22)24-20(29)6-4-9-30-24/h3-6,9-12,15-16,22H,7-8,13H2,1-2H3,(H,32,36)(H,33,37)(H,38,39,40). The van der Waals surface area contributed by atoms with E-state index < -0.39 is 27.1 Å². The summed E-state index contributed by atoms with van der Waals surface area (Å²) < 4.78 is 33.8. The van der Waals surface area contributed by atoms with Crippen molar-refractivity contribution in [2.24, 2.45) is 11.0 Å². The van der Waals surface area contributed by atoms with Crippen LogP contribution in [0.1, 0.15) is 47.7 Å². The van der Waals surface area contributed by atoms with Crippen LogP contribution in [0.4, 0.5) is 11.5 Å². The molecule has 0 spiro atoms. The molecule has 3 heterocycles. The van der Waals surface area contributed by atoms with Gasteiger partial charge in [-0.15, -0.1) is 0 Å². The molecule has 3 aromatic rings. The number of aryl methyl sites for hydroxylation is 1. The molecule has 41 heavy (non-hydrogen) atoms. The fraction of sp³-hybridized carbons (Fsp3) is 0.296. The van der Waals surface area contributed by atoms with Crippen LogP contribution in [0.15, 0.2) is 58.9 Å². The van der Waals surface area contributed by atoms with Gasteiger partial charge < -0.3 is 10.6 Å². The van der Waals surface area contributed by atoms with Gasteiger partial charge in [-0.2, -0.15) is 13.5 Å². The summed E-state index contributed by atoms with van der Waals surface area (Å²) in [6, 6.07) is 8.16. The number of amides is 2. The van der Waals surface area contributed by atoms with Crippen molar-refractivity contribution >= 4 is 62.4 Å². The van der Waals surface area contributed by atoms with Gasteiger partial charge in [-0.05, 0) is 74.6 Å². The lowest BCUT2D eigenvalue weighted by molar-refractivity contribution is -0.117. The van der Waals surface area contributed by atoms with Gasteiger partial charge in [0.25, 0.3) is 5.91 Å². The number of rotatable bonds is 8. The molecule has 2 unspecified atom stereocenters. The Kier molecular flexibility index (Phi) is 8.02. The second kappa shape index (κ2) is 11.4. The first-order chi connectivity index (χ1) is 19.4. The van der Waals surface area contributed by atoms with E-state index in [9.17, 15) is 22.6 Å². The highest BCUT2D eigenvalue weighted by Gasteiger charge is 2.38. The molecular weight excluding hydrogens is 591 g/mol. The first-order valence-corrected chi connectivity index (χ1v) is 15.0. The Hall–Kier alpha value is -3.58. The molecule has 1 aliphatic heterocycles. The smallest absolute Gasteiger partial charge is 0.312 e. The highest BCUT2D eigenvalue weighted by Crippen LogP contribution is 2.35. The van der Waals surface area contributed by atoms with E-state index in [2.05, 4.69) is 25.7 Å². The summed E-state index contributed by atoms with van der Waals surface area (Å²) in [5.41, 5.74) is 1.24. The number of anilines is 2. The Balaban J connectivity index is 1.51. The number of benzene rings is 1. The molecule has 0 bridgehead atoms. The summed E-state index contributed by atoms with van der Waals surface area (Å²) in [6.07, 6.45) is 4.71. The van der Waals surface area contributed by atoms with Gasteiger partial charge in [0.05, 0.1) is 22.0 Å². The number of pyridine rings is 2. The minimum absolute atomic E-state index is 0.0270. The molecule has 11 nitrogen and oxygen atoms in total. The highest BCUT2D eigenvalue weighted by atomic mass is 35.5. The molecule has 1 aliphatic carbocycles. The summed E-state index contributed by atoms with van der Waals surface area (Å²) in [4.78, 5) is 35.2. The number of carbonyl (C=O) groups excluding carboxylic acids is 2. The molecule has 2 amide bonds. The number of nitrogens with zero attached hydrogens (tertiary/aromatic N) is 4. The zero-order valence-corrected chi connectivity index (χ0v) is 24.3. The number of carbonyl (C=O) groups is 2. The summed E-state index contributed by atoms with van der Waals surface area (Å²) in [5, 5.41) is 11.6. The van der Waals surface area contributed by atoms with Crippen molar-refractivity contribution in [2.75, 3.05) is 10.3 Å². The summed E-state index contributed by atoms with van der Waals surface area (Å²) in [7, 11) is -4.69. The lowest BCUT2D eigenvalue weighted by atomic mass is 10.0. The van der Waals surface area contributed by atoms with E-state index >= 15 is 0 Å². The molecular formula is C27H26Cl2N6O5S. The van der Waals surface area contributed by atoms with Crippen LogP contribution in [-0.2, 0) is 14.9 Å². The van der Waals surface area contributed by atoms with Crippen molar-refractivity contribution in [1.29, 1.82) is 0 Å². The maximum absolute atomic E-state index is 13.9. The minimum Gasteiger partial charge on any atom is -0.349 e. The summed E-state index contributed by atoms with van der Waals surface area (Å²) in [5.74, 6) is -0.349. The fourth-order valence-electron chi connectivity index (χ4n) is 4.73. The Bertz CT molecular complexity index is 1680. The monoisotopic (exact) mass is 616 g/mol. The van der Waals surface area contributed by atoms with E-state index in [1.54, 1.807) is 25.1 Å². The van der Waals surface area contributed by atoms with Gasteiger partial charge in [0.1, 0.15) is 6.04 Å². The zero-order valence-electron chi connectivity index (χ0n) is 22.0. The third kappa shape index (κ3) is 6.20. The number of aromatic nitrogens is 2. The van der Waals surface area contributed by atoms with Crippen LogP contribution in [0.2, 0.25) is 10.0 Å². The second-order valence-electron chi connectivity index (χ2n) is 9.99. The van der Waals surface area contributed by atoms with Crippen LogP contribution in [0, 0.1) is 12.8 Å². The molecule has 14 heteroatoms. The number of hydrogen-bond donors (Lipinski definition) is 3. The maximum atomic E-state index is 13.9. The second-order valence-corrected chi connectivity index (χ2v) is 12.2. The fourth-order valence-corrected chi connectivity index (χ4v) is 5.87. The van der Waals surface area contributed by atoms with E-state index in [1.807, 2.05) is 6.92 Å². The first-order valence-electron chi connectivity index (χ1n) is 12.8. The van der Waals surface area contributed by atoms with Crippen LogP contribution in [0.3, 0.4) is 0 Å². The largest absolute Gasteiger partial charge is 0.349 e. The van der Waals surface area contributed by atoms with Gasteiger partial charge in [0, 0.05) is 35.4 Å². The Morgan fingerprint density at radius 2 is 1.83 bits per heavy atom. The third-order valence-electron chi connectivity index (χ3n) is 6.98. The molecule has 2 aliphatic rings. The summed E-state index contributed by atoms with van der Waals surface area (Å²) in [6.45, 7) is 3.66. The minimum atomic E-state index is -4.69. The Morgan fingerprint density at radius 3 is 2.51 bits per heavy atom. The van der Waals surface area contributed by atoms with Crippen molar-refractivity contribution in [3.05, 3.63) is 75.5 Å². The lowest BCUT2D eigenvalue weighted by Gasteiger charge is -2.24. The zero-order chi connectivity index (χ0) is 29.5. The van der Waals surface area contributed by atoms with E-state index in [1.165, 1.54) is 35.6 Å². The lowest BCUT2D eigenvalue weighted by Crippen LogP contribution is -2.40. The van der Waals surface area contributed by atoms with Crippen molar-refractivity contribution in [1.82, 2.24) is 15.3 Å². The van der Waals surface area contributed by atoms with Crippen LogP contribution in [-0.4, -0.2) is 52.5 Å². The van der Waals surface area contributed by atoms with Gasteiger partial charge in [-0.25, -0.2) is 15.0 Å². The molecule has 1 fully saturated rings. The topological polar surface area (TPSA) is 154 Å². The average molecular weight is 618 g/mol. The number of hydrogen-bond acceptors (Lipinski definition) is 8. The predicted molar refractivity (Wildman–Crippen MR) is 155 cm³/mol. The molecule has 0 saturated heterocycles. The Labute approximate surface area is 246 Å². The van der Waals surface area contributed by atoms with Gasteiger partial charge >= 0.3 is 10.1 Å². The average Bonchev–Trinajstić information content (AvgIpc) is 3.68. The van der Waals surface area contributed by atoms with Crippen molar-refractivity contribution in [3.8, 4) is 0 Å². The molecule has 3 N–H and O–H groups in total. The Morgan fingerprint density at radius 1 is 1.12 bits per heavy atom. The van der Waals surface area contributed by atoms with Gasteiger partial charge in [-0.1, -0.05) is 23.2 Å². The third-order valence-corrected chi connectivity index (χ3v) is 8.30. The van der Waals surface area contributed by atoms with E-state index in [-0.39, 0.29) is 51.7 Å². The quantitative estimate of drug-likeness (QED) is 0.313. The van der Waals surface area contributed by atoms with Crippen LogP contribution >= 0.6 is 23.2 Å². The summed E-state index contributed by atoms with van der Waals surface area (Å²) >= 11 is 12.7. The van der Waals surface area contributed by atoms with Gasteiger partial charge in [0.2, 0.25) is 5.91 Å². The van der Waals surface area contributed by atoms with Crippen molar-refractivity contribution in [3.63, 3.8) is 0 Å². The molecule has 1 aromatic carbocycles. The van der Waals surface area contributed by atoms with Crippen LogP contribution in [0.5, 0.6) is 0 Å². The normalized spacial score (nSPS) is 17.6. The van der Waals surface area contributed by atoms with E-state index in [4.69, 9.17) is 23.2 Å². The van der Waals surface area contributed by atoms with Crippen molar-refractivity contribution < 1.29 is 22.6 Å². The SMILES string of the molecule is Cc1cc(Cl)cc(C(=O)NC(C)C2CC2)c1NC(=O)C1CC(c2cccnc2S(=O)(=O)O)=NN1c1ncccc1Cl. The van der Waals surface area contributed by atoms with Gasteiger partial charge in [0.15, 0.2) is 10.8 Å². The van der Waals surface area contributed by atoms with Crippen LogP contribution < -0.4 is 15.6 Å². The van der Waals surface area contributed by atoms with Crippen molar-refractivity contribution in [2.45, 2.75) is 50.2 Å². The number of hydrazone groups is 1. The molecule has 2 atom stereocenters. The molecule has 2 aromatic heterocycles. The number of halogens is 2. The van der Waals surface area contributed by atoms with Gasteiger partial charge in [-0.3, -0.25) is 14.1 Å². The van der Waals surface area contributed by atoms with E-state index in [0.717, 1.165) is 12.8 Å². The molecule has 0 radical (unpaired) electrons. The predicted octanol–water partition coefficient (Wildman–Crippen LogP) is 4.49. The maximum Gasteiger partial charge on any atom is 0.312 e. The molecule has 5 rings (SSSR count). The first kappa shape index (κ1) is 28.9. The van der Waals surface area contributed by atoms with Crippen LogP contribution in [0.25, 0.3) is 0 Å². The molecule has 214 valence electrons. The molecule has 1 saturated carbocycles.